The lowest BCUT2D eigenvalue weighted by Crippen LogP contribution is -2.67. The lowest BCUT2D eigenvalue weighted by molar-refractivity contribution is -0.347. The van der Waals surface area contributed by atoms with Crippen molar-refractivity contribution in [3.05, 3.63) is 0 Å². The van der Waals surface area contributed by atoms with Gasteiger partial charge in [-0.3, -0.25) is 9.59 Å². The summed E-state index contributed by atoms with van der Waals surface area (Å²) in [6, 6.07) is -2.67. The first-order chi connectivity index (χ1) is 36.2. The van der Waals surface area contributed by atoms with Crippen LogP contribution in [-0.4, -0.2) is 163 Å². The molecule has 0 aromatic rings. The third-order valence-corrected chi connectivity index (χ3v) is 15.4. The molecular formula is C58H112N2O15. The van der Waals surface area contributed by atoms with Crippen LogP contribution < -0.4 is 10.6 Å². The van der Waals surface area contributed by atoms with Crippen molar-refractivity contribution < 1.29 is 74.5 Å². The van der Waals surface area contributed by atoms with Gasteiger partial charge in [-0.15, -0.1) is 0 Å². The van der Waals surface area contributed by atoms with Gasteiger partial charge >= 0.3 is 0 Å². The summed E-state index contributed by atoms with van der Waals surface area (Å²) in [5, 5.41) is 102. The Morgan fingerprint density at radius 2 is 0.933 bits per heavy atom. The zero-order valence-electron chi connectivity index (χ0n) is 47.3. The average Bonchev–Trinajstić information content (AvgIpc) is 3.39. The Kier molecular flexibility index (Phi) is 40.1. The standard InChI is InChI=1S/C58H112N2O15/c1-5-6-7-8-9-10-11-12-13-14-15-16-17-18-19-20-21-26-29-32-35-38-46(65)56(71)60-44(50(66)45(64)37-34-31-28-25-23-22-24-27-30-33-36-42(2)3)41-72-58-54(70)53(69)55(48(40-62)74-58)75-57-49(59-43(4)63)52(68)51(67)47(39-61)73-57/h42,44-55,57-58,61-62,64-70H,5-41H2,1-4H3,(H,59,63)(H,60,71). The first-order valence-electron chi connectivity index (χ1n) is 30.3. The highest BCUT2D eigenvalue weighted by Gasteiger charge is 2.51. The number of ether oxygens (including phenoxy) is 4. The molecule has 2 amide bonds. The quantitative estimate of drug-likeness (QED) is 0.0267. The van der Waals surface area contributed by atoms with E-state index in [9.17, 15) is 55.5 Å². The number of rotatable bonds is 47. The molecule has 75 heavy (non-hydrogen) atoms. The molecular weight excluding hydrogens is 965 g/mol. The largest absolute Gasteiger partial charge is 0.394 e. The molecule has 0 bridgehead atoms. The van der Waals surface area contributed by atoms with Gasteiger partial charge in [-0.05, 0) is 18.8 Å². The second-order valence-electron chi connectivity index (χ2n) is 22.6. The molecule has 2 aliphatic rings. The van der Waals surface area contributed by atoms with Gasteiger partial charge in [-0.25, -0.2) is 0 Å². The monoisotopic (exact) mass is 1080 g/mol. The van der Waals surface area contributed by atoms with Gasteiger partial charge in [0.2, 0.25) is 11.8 Å². The lowest BCUT2D eigenvalue weighted by atomic mass is 9.95. The summed E-state index contributed by atoms with van der Waals surface area (Å²) in [6.45, 7) is 5.89. The maximum absolute atomic E-state index is 13.4. The summed E-state index contributed by atoms with van der Waals surface area (Å²) >= 11 is 0. The molecule has 0 saturated carbocycles. The number of unbranched alkanes of at least 4 members (excludes halogenated alkanes) is 29. The van der Waals surface area contributed by atoms with Crippen molar-refractivity contribution in [3.63, 3.8) is 0 Å². The first-order valence-corrected chi connectivity index (χ1v) is 30.3. The van der Waals surface area contributed by atoms with Crippen LogP contribution >= 0.6 is 0 Å². The summed E-state index contributed by atoms with van der Waals surface area (Å²) < 4.78 is 23.2. The third-order valence-electron chi connectivity index (χ3n) is 15.4. The predicted molar refractivity (Wildman–Crippen MR) is 291 cm³/mol. The number of hydrogen-bond acceptors (Lipinski definition) is 15. The van der Waals surface area contributed by atoms with Crippen molar-refractivity contribution in [2.75, 3.05) is 19.8 Å². The van der Waals surface area contributed by atoms with Crippen molar-refractivity contribution in [2.24, 2.45) is 5.92 Å². The Bertz CT molecular complexity index is 1380. The maximum Gasteiger partial charge on any atom is 0.249 e. The van der Waals surface area contributed by atoms with Crippen LogP contribution in [-0.2, 0) is 28.5 Å². The van der Waals surface area contributed by atoms with Crippen LogP contribution in [0.5, 0.6) is 0 Å². The Morgan fingerprint density at radius 3 is 1.36 bits per heavy atom. The number of carbonyl (C=O) groups is 2. The van der Waals surface area contributed by atoms with E-state index in [-0.39, 0.29) is 12.8 Å². The first kappa shape index (κ1) is 69.5. The van der Waals surface area contributed by atoms with Gasteiger partial charge < -0.3 is 75.5 Å². The van der Waals surface area contributed by atoms with E-state index in [2.05, 4.69) is 31.4 Å². The molecule has 0 aliphatic carbocycles. The zero-order chi connectivity index (χ0) is 55.2. The molecule has 444 valence electrons. The number of amides is 2. The van der Waals surface area contributed by atoms with Gasteiger partial charge in [-0.2, -0.15) is 0 Å². The number of aliphatic hydroxyl groups is 9. The van der Waals surface area contributed by atoms with Gasteiger partial charge in [-0.1, -0.05) is 226 Å². The highest BCUT2D eigenvalue weighted by Crippen LogP contribution is 2.30. The van der Waals surface area contributed by atoms with Gasteiger partial charge in [0, 0.05) is 6.92 Å². The minimum Gasteiger partial charge on any atom is -0.394 e. The third kappa shape index (κ3) is 30.0. The van der Waals surface area contributed by atoms with Crippen molar-refractivity contribution in [3.8, 4) is 0 Å². The Labute approximate surface area is 453 Å². The lowest BCUT2D eigenvalue weighted by Gasteiger charge is -2.47. The van der Waals surface area contributed by atoms with Crippen LogP contribution in [0.3, 0.4) is 0 Å². The normalized spacial score (nSPS) is 25.8. The van der Waals surface area contributed by atoms with Crippen LogP contribution in [0.1, 0.15) is 246 Å². The maximum atomic E-state index is 13.4. The van der Waals surface area contributed by atoms with Crippen LogP contribution in [0.2, 0.25) is 0 Å². The molecule has 11 N–H and O–H groups in total. The Balaban J connectivity index is 1.87. The van der Waals surface area contributed by atoms with Gasteiger partial charge in [0.15, 0.2) is 12.6 Å². The molecule has 2 fully saturated rings. The van der Waals surface area contributed by atoms with E-state index < -0.39 is 117 Å². The molecule has 0 aromatic carbocycles. The van der Waals surface area contributed by atoms with E-state index in [1.807, 2.05) is 0 Å². The highest BCUT2D eigenvalue weighted by molar-refractivity contribution is 5.80. The molecule has 0 aromatic heterocycles. The SMILES string of the molecule is CCCCCCCCCCCCCCCCCCCCCCCC(O)C(=O)NC(COC1OC(CO)C(OC2OC(CO)C(O)C(O)C2NC(C)=O)C(O)C1O)C(O)C(O)CCCCCCCCCCCCC(C)C. The van der Waals surface area contributed by atoms with Gasteiger partial charge in [0.1, 0.15) is 61.0 Å². The van der Waals surface area contributed by atoms with Gasteiger partial charge in [0.05, 0.1) is 32.0 Å². The van der Waals surface area contributed by atoms with E-state index in [1.165, 1.54) is 148 Å². The van der Waals surface area contributed by atoms with Crippen molar-refractivity contribution in [1.29, 1.82) is 0 Å². The summed E-state index contributed by atoms with van der Waals surface area (Å²) in [5.41, 5.74) is 0. The molecule has 17 heteroatoms. The van der Waals surface area contributed by atoms with E-state index in [4.69, 9.17) is 18.9 Å². The number of nitrogens with one attached hydrogen (secondary N) is 2. The predicted octanol–water partition coefficient (Wildman–Crippen LogP) is 7.28. The van der Waals surface area contributed by atoms with E-state index in [0.717, 1.165) is 57.8 Å². The molecule has 2 rings (SSSR count). The second-order valence-corrected chi connectivity index (χ2v) is 22.6. The molecule has 0 radical (unpaired) electrons. The Hall–Kier alpha value is -1.58. The molecule has 2 saturated heterocycles. The number of aliphatic hydroxyl groups excluding tert-OH is 9. The van der Waals surface area contributed by atoms with E-state index in [0.29, 0.717) is 12.8 Å². The highest BCUT2D eigenvalue weighted by atomic mass is 16.7. The van der Waals surface area contributed by atoms with E-state index >= 15 is 0 Å². The molecule has 2 aliphatic heterocycles. The fraction of sp³-hybridized carbons (Fsp3) is 0.966. The zero-order valence-corrected chi connectivity index (χ0v) is 47.3. The summed E-state index contributed by atoms with van der Waals surface area (Å²) in [6.07, 6.45) is 20.3. The smallest absolute Gasteiger partial charge is 0.249 e. The van der Waals surface area contributed by atoms with Crippen LogP contribution in [0.4, 0.5) is 0 Å². The van der Waals surface area contributed by atoms with Crippen molar-refractivity contribution in [2.45, 2.75) is 332 Å². The molecule has 14 atom stereocenters. The molecule has 14 unspecified atom stereocenters. The summed E-state index contributed by atoms with van der Waals surface area (Å²) in [7, 11) is 0. The summed E-state index contributed by atoms with van der Waals surface area (Å²) in [4.78, 5) is 25.4. The van der Waals surface area contributed by atoms with Crippen LogP contribution in [0, 0.1) is 5.92 Å². The van der Waals surface area contributed by atoms with E-state index in [1.54, 1.807) is 0 Å². The van der Waals surface area contributed by atoms with Crippen LogP contribution in [0.25, 0.3) is 0 Å². The van der Waals surface area contributed by atoms with Crippen molar-refractivity contribution >= 4 is 11.8 Å². The van der Waals surface area contributed by atoms with Crippen LogP contribution in [0.15, 0.2) is 0 Å². The van der Waals surface area contributed by atoms with Gasteiger partial charge in [0.25, 0.3) is 0 Å². The fourth-order valence-corrected chi connectivity index (χ4v) is 10.5. The molecule has 17 nitrogen and oxygen atoms in total. The molecule has 2 heterocycles. The average molecular weight is 1080 g/mol. The number of hydrogen-bond donors (Lipinski definition) is 11. The topological polar surface area (TPSA) is 277 Å². The minimum atomic E-state index is -1.86. The fourth-order valence-electron chi connectivity index (χ4n) is 10.5. The minimum absolute atomic E-state index is 0.202. The number of carbonyl (C=O) groups excluding carboxylic acids is 2. The summed E-state index contributed by atoms with van der Waals surface area (Å²) in [5.74, 6) is -0.625. The van der Waals surface area contributed by atoms with Crippen molar-refractivity contribution in [1.82, 2.24) is 10.6 Å². The second kappa shape index (κ2) is 43.2. The Morgan fingerprint density at radius 1 is 0.520 bits per heavy atom. The molecule has 0 spiro atoms.